The van der Waals surface area contributed by atoms with E-state index < -0.39 is 22.7 Å². The Morgan fingerprint density at radius 3 is 2.80 bits per heavy atom. The molecule has 9 nitrogen and oxygen atoms in total. The second kappa shape index (κ2) is 5.73. The summed E-state index contributed by atoms with van der Waals surface area (Å²) in [6, 6.07) is 4.63. The molecule has 0 amide bonds. The monoisotopic (exact) mass is 411 g/mol. The lowest BCUT2D eigenvalue weighted by atomic mass is 10.1. The molecule has 10 heteroatoms. The first-order valence-corrected chi connectivity index (χ1v) is 9.83. The standard InChI is InChI=1S/C20H18FN5O4/c1-19(6-3-9-29-19)26-14-11(21)4-2-5-12(14)25-10-22-13(15(25)17(26)27)16-23-18(30-24-16)20(28)7-8-20/h2,4-5,10,28H,3,6-9H2,1H3. The third-order valence-corrected chi connectivity index (χ3v) is 6.05. The van der Waals surface area contributed by atoms with Crippen LogP contribution in [0.2, 0.25) is 0 Å². The summed E-state index contributed by atoms with van der Waals surface area (Å²) in [5.74, 6) is -0.308. The van der Waals surface area contributed by atoms with Gasteiger partial charge in [-0.15, -0.1) is 0 Å². The summed E-state index contributed by atoms with van der Waals surface area (Å²) in [6.45, 7) is 2.28. The number of para-hydroxylation sites is 1. The lowest BCUT2D eigenvalue weighted by Crippen LogP contribution is -2.39. The number of rotatable bonds is 3. The minimum Gasteiger partial charge on any atom is -0.380 e. The summed E-state index contributed by atoms with van der Waals surface area (Å²) in [5.41, 5.74) is -1.50. The average Bonchev–Trinajstić information content (AvgIpc) is 3.16. The van der Waals surface area contributed by atoms with E-state index in [2.05, 4.69) is 15.1 Å². The lowest BCUT2D eigenvalue weighted by molar-refractivity contribution is -0.0451. The van der Waals surface area contributed by atoms with Crippen molar-refractivity contribution in [2.24, 2.45) is 0 Å². The van der Waals surface area contributed by atoms with Gasteiger partial charge in [0, 0.05) is 6.61 Å². The Morgan fingerprint density at radius 2 is 2.07 bits per heavy atom. The van der Waals surface area contributed by atoms with Crippen LogP contribution in [0.25, 0.3) is 28.1 Å². The smallest absolute Gasteiger partial charge is 0.280 e. The molecule has 4 heterocycles. The molecule has 1 aliphatic carbocycles. The summed E-state index contributed by atoms with van der Waals surface area (Å²) in [6.07, 6.45) is 3.88. The van der Waals surface area contributed by atoms with Crippen molar-refractivity contribution in [3.63, 3.8) is 0 Å². The SMILES string of the molecule is CC1(n2c(=O)c3c(-c4noc(C5(O)CC5)n4)ncn3c3cccc(F)c32)CCCO1. The Kier molecular flexibility index (Phi) is 3.39. The number of nitrogens with zero attached hydrogens (tertiary/aromatic N) is 5. The van der Waals surface area contributed by atoms with E-state index >= 15 is 0 Å². The van der Waals surface area contributed by atoms with Gasteiger partial charge in [0.25, 0.3) is 11.4 Å². The molecule has 1 unspecified atom stereocenters. The number of halogens is 1. The van der Waals surface area contributed by atoms with Crippen molar-refractivity contribution in [3.8, 4) is 11.5 Å². The second-order valence-electron chi connectivity index (χ2n) is 8.14. The van der Waals surface area contributed by atoms with Crippen molar-refractivity contribution in [3.05, 3.63) is 46.6 Å². The molecule has 1 saturated carbocycles. The molecule has 30 heavy (non-hydrogen) atoms. The van der Waals surface area contributed by atoms with Crippen LogP contribution in [0, 0.1) is 5.82 Å². The minimum absolute atomic E-state index is 0.102. The predicted octanol–water partition coefficient (Wildman–Crippen LogP) is 2.30. The summed E-state index contributed by atoms with van der Waals surface area (Å²) < 4.78 is 28.9. The zero-order chi connectivity index (χ0) is 20.7. The third-order valence-electron chi connectivity index (χ3n) is 6.05. The fourth-order valence-corrected chi connectivity index (χ4v) is 4.26. The maximum Gasteiger partial charge on any atom is 0.280 e. The Morgan fingerprint density at radius 1 is 1.23 bits per heavy atom. The zero-order valence-corrected chi connectivity index (χ0v) is 16.1. The first-order chi connectivity index (χ1) is 14.4. The lowest BCUT2D eigenvalue weighted by Gasteiger charge is -2.28. The van der Waals surface area contributed by atoms with Crippen molar-refractivity contribution < 1.29 is 18.8 Å². The van der Waals surface area contributed by atoms with Crippen LogP contribution in [0.15, 0.2) is 33.8 Å². The molecule has 2 fully saturated rings. The Bertz CT molecular complexity index is 1380. The number of aromatic nitrogens is 5. The maximum atomic E-state index is 14.9. The van der Waals surface area contributed by atoms with E-state index in [1.807, 2.05) is 0 Å². The fourth-order valence-electron chi connectivity index (χ4n) is 4.26. The molecule has 154 valence electrons. The summed E-state index contributed by atoms with van der Waals surface area (Å²) >= 11 is 0. The van der Waals surface area contributed by atoms with Crippen molar-refractivity contribution >= 4 is 16.6 Å². The first-order valence-electron chi connectivity index (χ1n) is 9.83. The number of imidazole rings is 1. The highest BCUT2D eigenvalue weighted by molar-refractivity contribution is 5.84. The topological polar surface area (TPSA) is 108 Å². The van der Waals surface area contributed by atoms with Gasteiger partial charge in [0.05, 0.1) is 5.52 Å². The molecule has 3 aromatic heterocycles. The van der Waals surface area contributed by atoms with Crippen molar-refractivity contribution in [2.75, 3.05) is 6.61 Å². The normalized spacial score (nSPS) is 22.9. The number of hydrogen-bond donors (Lipinski definition) is 1. The van der Waals surface area contributed by atoms with E-state index in [1.165, 1.54) is 21.4 Å². The molecule has 0 radical (unpaired) electrons. The van der Waals surface area contributed by atoms with E-state index in [-0.39, 0.29) is 28.4 Å². The molecule has 1 atom stereocenters. The molecule has 4 aromatic rings. The summed E-state index contributed by atoms with van der Waals surface area (Å²) in [7, 11) is 0. The van der Waals surface area contributed by atoms with Crippen molar-refractivity contribution in [1.82, 2.24) is 24.1 Å². The van der Waals surface area contributed by atoms with Crippen LogP contribution in [0.3, 0.4) is 0 Å². The van der Waals surface area contributed by atoms with Crippen LogP contribution in [0.4, 0.5) is 4.39 Å². The van der Waals surface area contributed by atoms with Crippen LogP contribution < -0.4 is 5.56 Å². The highest BCUT2D eigenvalue weighted by Crippen LogP contribution is 2.44. The Labute approximate surface area is 168 Å². The van der Waals surface area contributed by atoms with Crippen LogP contribution >= 0.6 is 0 Å². The molecule has 6 rings (SSSR count). The van der Waals surface area contributed by atoms with Crippen molar-refractivity contribution in [1.29, 1.82) is 0 Å². The number of ether oxygens (including phenoxy) is 1. The highest BCUT2D eigenvalue weighted by atomic mass is 19.1. The third kappa shape index (κ3) is 2.28. The first kappa shape index (κ1) is 17.7. The zero-order valence-electron chi connectivity index (χ0n) is 16.1. The summed E-state index contributed by atoms with van der Waals surface area (Å²) in [4.78, 5) is 22.3. The van der Waals surface area contributed by atoms with Gasteiger partial charge >= 0.3 is 0 Å². The van der Waals surface area contributed by atoms with Gasteiger partial charge in [-0.05, 0) is 44.7 Å². The number of fused-ring (bicyclic) bond motifs is 3. The summed E-state index contributed by atoms with van der Waals surface area (Å²) in [5, 5.41) is 14.1. The van der Waals surface area contributed by atoms with E-state index in [0.717, 1.165) is 6.42 Å². The number of hydrogen-bond acceptors (Lipinski definition) is 7. The maximum absolute atomic E-state index is 14.9. The second-order valence-corrected chi connectivity index (χ2v) is 8.14. The molecule has 1 N–H and O–H groups in total. The van der Waals surface area contributed by atoms with Gasteiger partial charge < -0.3 is 14.4 Å². The molecule has 1 aliphatic heterocycles. The van der Waals surface area contributed by atoms with Gasteiger partial charge in [0.15, 0.2) is 0 Å². The molecular formula is C20H18FN5O4. The van der Waals surface area contributed by atoms with E-state index in [1.54, 1.807) is 19.1 Å². The van der Waals surface area contributed by atoms with Crippen LogP contribution in [-0.4, -0.2) is 35.8 Å². The molecule has 2 aliphatic rings. The predicted molar refractivity (Wildman–Crippen MR) is 102 cm³/mol. The van der Waals surface area contributed by atoms with Crippen LogP contribution in [-0.2, 0) is 16.1 Å². The highest BCUT2D eigenvalue weighted by Gasteiger charge is 2.48. The van der Waals surface area contributed by atoms with Gasteiger partial charge in [0.1, 0.15) is 40.2 Å². The van der Waals surface area contributed by atoms with Gasteiger partial charge in [-0.1, -0.05) is 11.2 Å². The number of aliphatic hydroxyl groups is 1. The van der Waals surface area contributed by atoms with Crippen LogP contribution in [0.1, 0.15) is 38.5 Å². The molecule has 1 saturated heterocycles. The van der Waals surface area contributed by atoms with Crippen LogP contribution in [0.5, 0.6) is 0 Å². The van der Waals surface area contributed by atoms with Crippen molar-refractivity contribution in [2.45, 2.75) is 43.9 Å². The van der Waals surface area contributed by atoms with Gasteiger partial charge in [0.2, 0.25) is 5.82 Å². The fraction of sp³-hybridized carbons (Fsp3) is 0.400. The molecule has 1 aromatic carbocycles. The Balaban J connectivity index is 1.69. The van der Waals surface area contributed by atoms with E-state index in [0.29, 0.717) is 31.4 Å². The van der Waals surface area contributed by atoms with Gasteiger partial charge in [-0.3, -0.25) is 13.8 Å². The minimum atomic E-state index is -1.10. The average molecular weight is 411 g/mol. The molecular weight excluding hydrogens is 393 g/mol. The Hall–Kier alpha value is -3.11. The number of benzene rings is 1. The molecule has 0 bridgehead atoms. The van der Waals surface area contributed by atoms with Gasteiger partial charge in [-0.2, -0.15) is 4.98 Å². The molecule has 0 spiro atoms. The van der Waals surface area contributed by atoms with E-state index in [9.17, 15) is 14.3 Å². The van der Waals surface area contributed by atoms with E-state index in [4.69, 9.17) is 9.26 Å². The quantitative estimate of drug-likeness (QED) is 0.551. The van der Waals surface area contributed by atoms with Gasteiger partial charge in [-0.25, -0.2) is 9.37 Å². The largest absolute Gasteiger partial charge is 0.380 e.